The number of amides is 1. The van der Waals surface area contributed by atoms with Gasteiger partial charge in [-0.1, -0.05) is 37.1 Å². The molecule has 11 heteroatoms. The first-order chi connectivity index (χ1) is 13.7. The fourth-order valence-corrected chi connectivity index (χ4v) is 2.98. The number of nitrogens with one attached hydrogen (secondary N) is 1. The van der Waals surface area contributed by atoms with Crippen LogP contribution >= 0.6 is 11.6 Å². The molecule has 0 spiro atoms. The second kappa shape index (κ2) is 9.39. The quantitative estimate of drug-likeness (QED) is 0.318. The van der Waals surface area contributed by atoms with Crippen LogP contribution in [0.15, 0.2) is 40.8 Å². The van der Waals surface area contributed by atoms with Crippen LogP contribution in [-0.2, 0) is 16.0 Å². The molecule has 1 atom stereocenters. The fraction of sp³-hybridized carbons (Fsp3) is 0.333. The average molecular weight is 422 g/mol. The van der Waals surface area contributed by atoms with Crippen molar-refractivity contribution in [2.75, 3.05) is 11.4 Å². The summed E-state index contributed by atoms with van der Waals surface area (Å²) in [5.41, 5.74) is 18.4. The monoisotopic (exact) mass is 421 g/mol. The van der Waals surface area contributed by atoms with E-state index in [1.54, 1.807) is 29.2 Å². The van der Waals surface area contributed by atoms with E-state index in [1.165, 1.54) is 4.90 Å². The molecule has 1 aromatic carbocycles. The maximum atomic E-state index is 11.6. The summed E-state index contributed by atoms with van der Waals surface area (Å²) < 4.78 is 0. The van der Waals surface area contributed by atoms with E-state index in [0.717, 1.165) is 12.8 Å². The molecule has 0 aromatic heterocycles. The molecule has 0 saturated carbocycles. The number of hydrogen-bond donors (Lipinski definition) is 5. The minimum atomic E-state index is -1.05. The summed E-state index contributed by atoms with van der Waals surface area (Å²) in [5.74, 6) is -2.09. The molecular formula is C18H24ClN7O3. The lowest BCUT2D eigenvalue weighted by atomic mass is 10.1. The van der Waals surface area contributed by atoms with Crippen molar-refractivity contribution < 1.29 is 14.7 Å². The Morgan fingerprint density at radius 1 is 1.34 bits per heavy atom. The molecule has 29 heavy (non-hydrogen) atoms. The summed E-state index contributed by atoms with van der Waals surface area (Å²) in [4.78, 5) is 29.2. The second-order valence-electron chi connectivity index (χ2n) is 6.41. The van der Waals surface area contributed by atoms with Gasteiger partial charge in [-0.05, 0) is 24.1 Å². The van der Waals surface area contributed by atoms with E-state index in [-0.39, 0.29) is 29.1 Å². The molecule has 1 unspecified atom stereocenters. The summed E-state index contributed by atoms with van der Waals surface area (Å²) >= 11 is 6.05. The van der Waals surface area contributed by atoms with Gasteiger partial charge < -0.3 is 27.2 Å². The van der Waals surface area contributed by atoms with Crippen molar-refractivity contribution in [3.63, 3.8) is 0 Å². The molecule has 1 amide bonds. The Kier molecular flexibility index (Phi) is 7.18. The number of rotatable bonds is 7. The number of hydrogen-bond acceptors (Lipinski definition) is 6. The lowest BCUT2D eigenvalue weighted by Gasteiger charge is -2.38. The summed E-state index contributed by atoms with van der Waals surface area (Å²) in [5, 5.41) is 17.5. The topological polar surface area (TPSA) is 175 Å². The highest BCUT2D eigenvalue weighted by molar-refractivity contribution is 6.67. The Morgan fingerprint density at radius 3 is 2.48 bits per heavy atom. The number of carboxylic acids is 1. The van der Waals surface area contributed by atoms with Gasteiger partial charge >= 0.3 is 5.97 Å². The van der Waals surface area contributed by atoms with Crippen LogP contribution in [0.4, 0.5) is 5.69 Å². The van der Waals surface area contributed by atoms with Crippen molar-refractivity contribution >= 4 is 40.3 Å². The minimum Gasteiger partial charge on any atom is -0.481 e. The van der Waals surface area contributed by atoms with E-state index in [4.69, 9.17) is 39.3 Å². The van der Waals surface area contributed by atoms with E-state index >= 15 is 0 Å². The summed E-state index contributed by atoms with van der Waals surface area (Å²) in [6, 6.07) is 6.77. The van der Waals surface area contributed by atoms with Gasteiger partial charge in [0, 0.05) is 12.2 Å². The van der Waals surface area contributed by atoms with Gasteiger partial charge in [0.15, 0.2) is 5.70 Å². The van der Waals surface area contributed by atoms with E-state index in [2.05, 4.69) is 4.99 Å². The molecule has 0 saturated heterocycles. The summed E-state index contributed by atoms with van der Waals surface area (Å²) in [6.07, 6.45) is 0.472. The van der Waals surface area contributed by atoms with E-state index in [0.29, 0.717) is 17.8 Å². The number of benzene rings is 1. The van der Waals surface area contributed by atoms with E-state index < -0.39 is 18.0 Å². The number of halogens is 1. The van der Waals surface area contributed by atoms with Crippen LogP contribution in [0.3, 0.4) is 0 Å². The van der Waals surface area contributed by atoms with Gasteiger partial charge in [-0.25, -0.2) is 4.99 Å². The zero-order valence-electron chi connectivity index (χ0n) is 15.9. The molecule has 0 aliphatic carbocycles. The Bertz CT molecular complexity index is 867. The second-order valence-corrected chi connectivity index (χ2v) is 6.80. The van der Waals surface area contributed by atoms with E-state index in [9.17, 15) is 9.59 Å². The molecule has 2 rings (SSSR count). The molecule has 156 valence electrons. The summed E-state index contributed by atoms with van der Waals surface area (Å²) in [7, 11) is 0. The molecule has 10 nitrogen and oxygen atoms in total. The van der Waals surface area contributed by atoms with Gasteiger partial charge in [0.2, 0.25) is 5.96 Å². The summed E-state index contributed by atoms with van der Waals surface area (Å²) in [6.45, 7) is 2.47. The molecule has 0 bridgehead atoms. The number of aliphatic carboxylic acids is 1. The van der Waals surface area contributed by atoms with Crippen LogP contribution in [0.5, 0.6) is 0 Å². The van der Waals surface area contributed by atoms with Crippen LogP contribution in [0.25, 0.3) is 0 Å². The highest BCUT2D eigenvalue weighted by Crippen LogP contribution is 2.24. The van der Waals surface area contributed by atoms with Crippen molar-refractivity contribution in [3.05, 3.63) is 41.3 Å². The number of carboxylic acid groups (broad SMARTS) is 1. The van der Waals surface area contributed by atoms with Gasteiger partial charge in [-0.15, -0.1) is 0 Å². The number of unbranched alkanes of at least 4 members (excludes halogenated alkanes) is 1. The molecule has 0 fully saturated rings. The highest BCUT2D eigenvalue weighted by Gasteiger charge is 2.34. The Labute approximate surface area is 173 Å². The van der Waals surface area contributed by atoms with Gasteiger partial charge in [-0.3, -0.25) is 19.9 Å². The number of guanidine groups is 1. The van der Waals surface area contributed by atoms with Crippen LogP contribution in [0.1, 0.15) is 25.3 Å². The highest BCUT2D eigenvalue weighted by atomic mass is 35.5. The number of anilines is 1. The molecule has 1 aliphatic heterocycles. The zero-order valence-corrected chi connectivity index (χ0v) is 16.7. The molecule has 1 aliphatic rings. The molecule has 1 heterocycles. The molecular weight excluding hydrogens is 398 g/mol. The number of nitrogens with two attached hydrogens (primary N) is 3. The predicted octanol–water partition coefficient (Wildman–Crippen LogP) is 0.706. The smallest absolute Gasteiger partial charge is 0.307 e. The minimum absolute atomic E-state index is 0.104. The van der Waals surface area contributed by atoms with Gasteiger partial charge in [0.25, 0.3) is 5.91 Å². The first-order valence-corrected chi connectivity index (χ1v) is 9.30. The van der Waals surface area contributed by atoms with Crippen molar-refractivity contribution in [3.8, 4) is 0 Å². The van der Waals surface area contributed by atoms with Crippen molar-refractivity contribution in [1.29, 1.82) is 5.41 Å². The Balaban J connectivity index is 2.41. The number of primary amides is 1. The normalized spacial score (nSPS) is 16.4. The Hall–Kier alpha value is -3.11. The van der Waals surface area contributed by atoms with Gasteiger partial charge in [-0.2, -0.15) is 0 Å². The molecule has 0 radical (unpaired) electrons. The third-order valence-corrected chi connectivity index (χ3v) is 4.61. The van der Waals surface area contributed by atoms with E-state index in [1.807, 2.05) is 6.92 Å². The number of aliphatic imine (C=N–C) groups is 1. The lowest BCUT2D eigenvalue weighted by molar-refractivity contribution is -0.136. The van der Waals surface area contributed by atoms with Crippen LogP contribution in [-0.4, -0.2) is 45.7 Å². The number of carbonyl (C=O) groups excluding carboxylic acids is 1. The zero-order chi connectivity index (χ0) is 21.7. The number of nitrogens with zero attached hydrogens (tertiary/aromatic N) is 3. The first kappa shape index (κ1) is 22.2. The van der Waals surface area contributed by atoms with Crippen LogP contribution in [0.2, 0.25) is 0 Å². The van der Waals surface area contributed by atoms with Gasteiger partial charge in [0.05, 0.1) is 6.42 Å². The van der Waals surface area contributed by atoms with Crippen molar-refractivity contribution in [1.82, 2.24) is 4.90 Å². The van der Waals surface area contributed by atoms with Crippen LogP contribution in [0, 0.1) is 5.41 Å². The first-order valence-electron chi connectivity index (χ1n) is 8.92. The van der Waals surface area contributed by atoms with Crippen molar-refractivity contribution in [2.45, 2.75) is 32.4 Å². The van der Waals surface area contributed by atoms with Gasteiger partial charge in [0.1, 0.15) is 17.2 Å². The third kappa shape index (κ3) is 5.04. The van der Waals surface area contributed by atoms with Crippen molar-refractivity contribution in [2.24, 2.45) is 22.2 Å². The average Bonchev–Trinajstić information content (AvgIpc) is 2.65. The SMILES string of the molecule is CCCCN(C(=N)N1C(N)=C(C(N)=O)N=C(Cl)C1N)c1ccc(CC(=O)O)cc1. The predicted molar refractivity (Wildman–Crippen MR) is 111 cm³/mol. The standard InChI is InChI=1S/C18H24ClN7O3/c1-2-3-8-25(11-6-4-10(5-7-11)9-12(27)28)18(23)26-15(20)13(17(22)29)24-14(19)16(26)21/h4-7,16,23H,2-3,8-9,20-21H2,1H3,(H2,22,29)(H,27,28). The maximum Gasteiger partial charge on any atom is 0.307 e. The third-order valence-electron chi connectivity index (χ3n) is 4.30. The number of carbonyl (C=O) groups is 2. The fourth-order valence-electron chi connectivity index (χ4n) is 2.80. The molecule has 8 N–H and O–H groups in total. The Morgan fingerprint density at radius 2 is 1.97 bits per heavy atom. The lowest BCUT2D eigenvalue weighted by Crippen LogP contribution is -2.58. The largest absolute Gasteiger partial charge is 0.481 e. The van der Waals surface area contributed by atoms with Crippen LogP contribution < -0.4 is 22.1 Å². The maximum absolute atomic E-state index is 11.6. The molecule has 1 aromatic rings.